The Labute approximate surface area is 80.1 Å². The first kappa shape index (κ1) is 10.2. The first-order valence-corrected chi connectivity index (χ1v) is 4.78. The molecule has 13 heavy (non-hydrogen) atoms. The molecule has 2 heteroatoms. The molecule has 1 aromatic carbocycles. The molecule has 1 aromatic rings. The van der Waals surface area contributed by atoms with Crippen LogP contribution in [0, 0.1) is 6.92 Å². The molecule has 0 heterocycles. The van der Waals surface area contributed by atoms with Crippen LogP contribution in [0.15, 0.2) is 24.3 Å². The van der Waals surface area contributed by atoms with Crippen LogP contribution in [-0.4, -0.2) is 13.1 Å². The van der Waals surface area contributed by atoms with Gasteiger partial charge < -0.3 is 11.1 Å². The summed E-state index contributed by atoms with van der Waals surface area (Å²) >= 11 is 0. The number of rotatable bonds is 4. The van der Waals surface area contributed by atoms with Crippen molar-refractivity contribution in [3.8, 4) is 0 Å². The third-order valence-corrected chi connectivity index (χ3v) is 2.13. The van der Waals surface area contributed by atoms with Crippen molar-refractivity contribution < 1.29 is 0 Å². The van der Waals surface area contributed by atoms with Crippen LogP contribution < -0.4 is 11.1 Å². The smallest absolute Gasteiger partial charge is 0.0444 e. The molecule has 72 valence electrons. The van der Waals surface area contributed by atoms with Crippen molar-refractivity contribution >= 4 is 0 Å². The van der Waals surface area contributed by atoms with E-state index in [0.717, 1.165) is 6.54 Å². The normalized spacial score (nSPS) is 12.8. The monoisotopic (exact) mass is 178 g/mol. The lowest BCUT2D eigenvalue weighted by Gasteiger charge is -2.16. The topological polar surface area (TPSA) is 38.0 Å². The van der Waals surface area contributed by atoms with Gasteiger partial charge in [-0.2, -0.15) is 0 Å². The van der Waals surface area contributed by atoms with E-state index in [4.69, 9.17) is 5.73 Å². The number of hydrogen-bond acceptors (Lipinski definition) is 2. The fourth-order valence-corrected chi connectivity index (χ4v) is 1.47. The van der Waals surface area contributed by atoms with Crippen molar-refractivity contribution in [1.82, 2.24) is 5.32 Å². The molecule has 3 N–H and O–H groups in total. The number of hydrogen-bond donors (Lipinski definition) is 2. The summed E-state index contributed by atoms with van der Waals surface area (Å²) in [7, 11) is 0. The van der Waals surface area contributed by atoms with Gasteiger partial charge in [0.25, 0.3) is 0 Å². The Morgan fingerprint density at radius 2 is 2.23 bits per heavy atom. The van der Waals surface area contributed by atoms with Gasteiger partial charge in [-0.15, -0.1) is 0 Å². The van der Waals surface area contributed by atoms with Crippen LogP contribution in [0.4, 0.5) is 0 Å². The SMILES string of the molecule is CCNC(CN)c1cccc(C)c1. The lowest BCUT2D eigenvalue weighted by Crippen LogP contribution is -2.27. The number of benzene rings is 1. The van der Waals surface area contributed by atoms with E-state index in [2.05, 4.69) is 43.4 Å². The molecular weight excluding hydrogens is 160 g/mol. The quantitative estimate of drug-likeness (QED) is 0.735. The van der Waals surface area contributed by atoms with Crippen LogP contribution in [0.25, 0.3) is 0 Å². The van der Waals surface area contributed by atoms with Gasteiger partial charge in [-0.05, 0) is 19.0 Å². The van der Waals surface area contributed by atoms with Crippen LogP contribution >= 0.6 is 0 Å². The van der Waals surface area contributed by atoms with Crippen molar-refractivity contribution in [2.24, 2.45) is 5.73 Å². The Morgan fingerprint density at radius 1 is 1.46 bits per heavy atom. The minimum atomic E-state index is 0.296. The average Bonchev–Trinajstić information content (AvgIpc) is 2.14. The van der Waals surface area contributed by atoms with Gasteiger partial charge in [-0.3, -0.25) is 0 Å². The van der Waals surface area contributed by atoms with E-state index in [1.165, 1.54) is 11.1 Å². The van der Waals surface area contributed by atoms with E-state index in [9.17, 15) is 0 Å². The van der Waals surface area contributed by atoms with Crippen LogP contribution in [-0.2, 0) is 0 Å². The average molecular weight is 178 g/mol. The first-order valence-electron chi connectivity index (χ1n) is 4.78. The molecule has 0 bridgehead atoms. The van der Waals surface area contributed by atoms with Crippen molar-refractivity contribution in [3.05, 3.63) is 35.4 Å². The van der Waals surface area contributed by atoms with Gasteiger partial charge >= 0.3 is 0 Å². The maximum Gasteiger partial charge on any atom is 0.0444 e. The summed E-state index contributed by atoms with van der Waals surface area (Å²) in [4.78, 5) is 0. The summed E-state index contributed by atoms with van der Waals surface area (Å²) in [6.45, 7) is 5.80. The molecular formula is C11H18N2. The number of nitrogens with two attached hydrogens (primary N) is 1. The Morgan fingerprint density at radius 3 is 2.77 bits per heavy atom. The molecule has 0 aliphatic rings. The highest BCUT2D eigenvalue weighted by Gasteiger charge is 2.06. The summed E-state index contributed by atoms with van der Waals surface area (Å²) in [5.41, 5.74) is 8.25. The molecule has 0 saturated heterocycles. The van der Waals surface area contributed by atoms with Gasteiger partial charge in [0.05, 0.1) is 0 Å². The van der Waals surface area contributed by atoms with Gasteiger partial charge in [0.1, 0.15) is 0 Å². The van der Waals surface area contributed by atoms with Gasteiger partial charge in [-0.25, -0.2) is 0 Å². The minimum absolute atomic E-state index is 0.296. The summed E-state index contributed by atoms with van der Waals surface area (Å²) in [6.07, 6.45) is 0. The second-order valence-corrected chi connectivity index (χ2v) is 3.26. The van der Waals surface area contributed by atoms with Gasteiger partial charge in [0, 0.05) is 12.6 Å². The minimum Gasteiger partial charge on any atom is -0.329 e. The Kier molecular flexibility index (Phi) is 3.93. The van der Waals surface area contributed by atoms with Crippen LogP contribution in [0.1, 0.15) is 24.1 Å². The second-order valence-electron chi connectivity index (χ2n) is 3.26. The summed E-state index contributed by atoms with van der Waals surface area (Å²) < 4.78 is 0. The standard InChI is InChI=1S/C11H18N2/c1-3-13-11(8-12)10-6-4-5-9(2)7-10/h4-7,11,13H,3,8,12H2,1-2H3. The third-order valence-electron chi connectivity index (χ3n) is 2.13. The Bertz CT molecular complexity index is 258. The Balaban J connectivity index is 2.78. The maximum absolute atomic E-state index is 5.68. The van der Waals surface area contributed by atoms with Crippen molar-refractivity contribution in [2.75, 3.05) is 13.1 Å². The zero-order valence-electron chi connectivity index (χ0n) is 8.38. The molecule has 0 aliphatic carbocycles. The summed E-state index contributed by atoms with van der Waals surface area (Å²) in [5, 5.41) is 3.35. The van der Waals surface area contributed by atoms with Crippen LogP contribution in [0.5, 0.6) is 0 Å². The lowest BCUT2D eigenvalue weighted by atomic mass is 10.0. The van der Waals surface area contributed by atoms with Crippen LogP contribution in [0.2, 0.25) is 0 Å². The molecule has 0 aromatic heterocycles. The molecule has 1 unspecified atom stereocenters. The van der Waals surface area contributed by atoms with E-state index in [1.54, 1.807) is 0 Å². The van der Waals surface area contributed by atoms with Crippen molar-refractivity contribution in [3.63, 3.8) is 0 Å². The van der Waals surface area contributed by atoms with E-state index in [0.29, 0.717) is 12.6 Å². The van der Waals surface area contributed by atoms with Crippen molar-refractivity contribution in [2.45, 2.75) is 19.9 Å². The second kappa shape index (κ2) is 5.00. The number of nitrogens with one attached hydrogen (secondary N) is 1. The third kappa shape index (κ3) is 2.83. The molecule has 0 amide bonds. The van der Waals surface area contributed by atoms with Gasteiger partial charge in [-0.1, -0.05) is 36.8 Å². The molecule has 0 radical (unpaired) electrons. The van der Waals surface area contributed by atoms with Crippen LogP contribution in [0.3, 0.4) is 0 Å². The van der Waals surface area contributed by atoms with E-state index >= 15 is 0 Å². The zero-order valence-corrected chi connectivity index (χ0v) is 8.38. The molecule has 0 saturated carbocycles. The highest BCUT2D eigenvalue weighted by molar-refractivity contribution is 5.25. The molecule has 1 rings (SSSR count). The fraction of sp³-hybridized carbons (Fsp3) is 0.455. The zero-order chi connectivity index (χ0) is 9.68. The summed E-state index contributed by atoms with van der Waals surface area (Å²) in [5.74, 6) is 0. The largest absolute Gasteiger partial charge is 0.329 e. The molecule has 2 nitrogen and oxygen atoms in total. The molecule has 1 atom stereocenters. The Hall–Kier alpha value is -0.860. The van der Waals surface area contributed by atoms with Gasteiger partial charge in [0.15, 0.2) is 0 Å². The summed E-state index contributed by atoms with van der Waals surface area (Å²) in [6, 6.07) is 8.77. The molecule has 0 spiro atoms. The molecule has 0 fully saturated rings. The van der Waals surface area contributed by atoms with Gasteiger partial charge in [0.2, 0.25) is 0 Å². The maximum atomic E-state index is 5.68. The van der Waals surface area contributed by atoms with E-state index in [1.807, 2.05) is 0 Å². The highest BCUT2D eigenvalue weighted by atomic mass is 14.9. The number of likely N-dealkylation sites (N-methyl/N-ethyl adjacent to an activating group) is 1. The van der Waals surface area contributed by atoms with E-state index < -0.39 is 0 Å². The highest BCUT2D eigenvalue weighted by Crippen LogP contribution is 2.12. The lowest BCUT2D eigenvalue weighted by molar-refractivity contribution is 0.561. The predicted octanol–water partition coefficient (Wildman–Crippen LogP) is 1.60. The number of aryl methyl sites for hydroxylation is 1. The van der Waals surface area contributed by atoms with E-state index in [-0.39, 0.29) is 0 Å². The van der Waals surface area contributed by atoms with Crippen molar-refractivity contribution in [1.29, 1.82) is 0 Å². The fourth-order valence-electron chi connectivity index (χ4n) is 1.47. The molecule has 0 aliphatic heterocycles. The first-order chi connectivity index (χ1) is 6.27. The predicted molar refractivity (Wildman–Crippen MR) is 56.7 cm³/mol.